The third-order valence-electron chi connectivity index (χ3n) is 3.77. The molecule has 0 amide bonds. The molecule has 3 aromatic rings. The Hall–Kier alpha value is -2.90. The molecule has 4 nitrogen and oxygen atoms in total. The number of carbonyl (C=O) groups excluding carboxylic acids is 1. The van der Waals surface area contributed by atoms with Gasteiger partial charge in [0.15, 0.2) is 0 Å². The first-order valence-electron chi connectivity index (χ1n) is 7.19. The summed E-state index contributed by atoms with van der Waals surface area (Å²) in [7, 11) is 1.15. The summed E-state index contributed by atoms with van der Waals surface area (Å²) < 4.78 is 58.6. The highest BCUT2D eigenvalue weighted by molar-refractivity contribution is 5.89. The van der Waals surface area contributed by atoms with Crippen molar-refractivity contribution in [1.82, 2.24) is 9.78 Å². The Kier molecular flexibility index (Phi) is 4.20. The number of benzene rings is 2. The molecule has 1 heterocycles. The minimum atomic E-state index is -4.45. The molecule has 8 heteroatoms. The minimum absolute atomic E-state index is 0.0362. The van der Waals surface area contributed by atoms with E-state index >= 15 is 0 Å². The number of hydrogen-bond acceptors (Lipinski definition) is 3. The lowest BCUT2D eigenvalue weighted by Crippen LogP contribution is -2.10. The third-order valence-corrected chi connectivity index (χ3v) is 3.77. The van der Waals surface area contributed by atoms with E-state index < -0.39 is 23.5 Å². The molecule has 25 heavy (non-hydrogen) atoms. The molecule has 0 aliphatic carbocycles. The number of carbonyl (C=O) groups is 1. The summed E-state index contributed by atoms with van der Waals surface area (Å²) in [6, 6.07) is 7.48. The van der Waals surface area contributed by atoms with E-state index in [0.29, 0.717) is 10.9 Å². The highest BCUT2D eigenvalue weighted by atomic mass is 19.4. The van der Waals surface area contributed by atoms with Crippen LogP contribution in [0.1, 0.15) is 21.5 Å². The van der Waals surface area contributed by atoms with Gasteiger partial charge >= 0.3 is 12.1 Å². The molecular formula is C17H12F4N2O2. The fourth-order valence-electron chi connectivity index (χ4n) is 2.52. The zero-order chi connectivity index (χ0) is 18.2. The Balaban J connectivity index is 1.98. The fraction of sp³-hybridized carbons (Fsp3) is 0.176. The predicted molar refractivity (Wildman–Crippen MR) is 81.6 cm³/mol. The number of fused-ring (bicyclic) bond motifs is 1. The van der Waals surface area contributed by atoms with E-state index in [4.69, 9.17) is 0 Å². The Bertz CT molecular complexity index is 947. The van der Waals surface area contributed by atoms with Crippen molar-refractivity contribution in [3.63, 3.8) is 0 Å². The monoisotopic (exact) mass is 352 g/mol. The zero-order valence-corrected chi connectivity index (χ0v) is 13.0. The van der Waals surface area contributed by atoms with Gasteiger partial charge in [0.05, 0.1) is 36.5 Å². The van der Waals surface area contributed by atoms with Gasteiger partial charge in [0.1, 0.15) is 5.82 Å². The molecular weight excluding hydrogens is 340 g/mol. The Morgan fingerprint density at radius 1 is 1.24 bits per heavy atom. The molecule has 0 fully saturated rings. The van der Waals surface area contributed by atoms with Gasteiger partial charge < -0.3 is 4.74 Å². The third kappa shape index (κ3) is 3.19. The predicted octanol–water partition coefficient (Wildman–Crippen LogP) is 4.03. The number of esters is 1. The van der Waals surface area contributed by atoms with Crippen molar-refractivity contribution in [2.45, 2.75) is 12.7 Å². The molecule has 0 spiro atoms. The molecule has 0 saturated heterocycles. The number of nitrogens with zero attached hydrogens (tertiary/aromatic N) is 2. The van der Waals surface area contributed by atoms with Crippen molar-refractivity contribution < 1.29 is 27.1 Å². The molecule has 0 N–H and O–H groups in total. The van der Waals surface area contributed by atoms with Crippen molar-refractivity contribution in [3.8, 4) is 0 Å². The largest absolute Gasteiger partial charge is 0.465 e. The molecule has 130 valence electrons. The Morgan fingerprint density at radius 2 is 2.00 bits per heavy atom. The summed E-state index contributed by atoms with van der Waals surface area (Å²) in [5, 5.41) is 4.31. The van der Waals surface area contributed by atoms with E-state index in [1.165, 1.54) is 35.1 Å². The van der Waals surface area contributed by atoms with Crippen LogP contribution in [0.25, 0.3) is 10.9 Å². The highest BCUT2D eigenvalue weighted by Gasteiger charge is 2.30. The van der Waals surface area contributed by atoms with Crippen molar-refractivity contribution in [3.05, 3.63) is 65.1 Å². The van der Waals surface area contributed by atoms with Crippen molar-refractivity contribution >= 4 is 16.9 Å². The number of rotatable bonds is 3. The maximum Gasteiger partial charge on any atom is 0.416 e. The molecule has 1 aromatic heterocycles. The molecule has 0 unspecified atom stereocenters. The van der Waals surface area contributed by atoms with Gasteiger partial charge in [0, 0.05) is 10.9 Å². The quantitative estimate of drug-likeness (QED) is 0.528. The van der Waals surface area contributed by atoms with Crippen LogP contribution in [0.2, 0.25) is 0 Å². The van der Waals surface area contributed by atoms with E-state index in [0.717, 1.165) is 19.2 Å². The van der Waals surface area contributed by atoms with Crippen LogP contribution in [0.5, 0.6) is 0 Å². The minimum Gasteiger partial charge on any atom is -0.465 e. The van der Waals surface area contributed by atoms with Crippen LogP contribution in [0.3, 0.4) is 0 Å². The van der Waals surface area contributed by atoms with Crippen LogP contribution in [-0.2, 0) is 17.5 Å². The van der Waals surface area contributed by atoms with Gasteiger partial charge in [-0.3, -0.25) is 4.68 Å². The number of ether oxygens (including phenoxy) is 1. The molecule has 0 bridgehead atoms. The summed E-state index contributed by atoms with van der Waals surface area (Å²) in [5.41, 5.74) is -0.391. The molecule has 0 radical (unpaired) electrons. The van der Waals surface area contributed by atoms with Gasteiger partial charge in [0.2, 0.25) is 0 Å². The van der Waals surface area contributed by atoms with Crippen molar-refractivity contribution in [2.24, 2.45) is 0 Å². The second kappa shape index (κ2) is 6.19. The Labute approximate surface area is 139 Å². The molecule has 0 aliphatic heterocycles. The second-order valence-electron chi connectivity index (χ2n) is 5.34. The van der Waals surface area contributed by atoms with Gasteiger partial charge in [-0.05, 0) is 24.3 Å². The first-order chi connectivity index (χ1) is 11.8. The smallest absolute Gasteiger partial charge is 0.416 e. The normalized spacial score (nSPS) is 11.7. The maximum atomic E-state index is 14.4. The number of alkyl halides is 3. The second-order valence-corrected chi connectivity index (χ2v) is 5.34. The van der Waals surface area contributed by atoms with Gasteiger partial charge in [-0.15, -0.1) is 0 Å². The van der Waals surface area contributed by atoms with Gasteiger partial charge in [-0.1, -0.05) is 12.1 Å². The zero-order valence-electron chi connectivity index (χ0n) is 13.0. The number of aromatic nitrogens is 2. The lowest BCUT2D eigenvalue weighted by Gasteiger charge is -2.09. The fourth-order valence-corrected chi connectivity index (χ4v) is 2.52. The standard InChI is InChI=1S/C17H12F4N2O2/c1-25-16(24)13-4-2-3-10(15(13)18)9-23-14-6-5-12(17(19,20)21)7-11(14)8-22-23/h2-8H,9H2,1H3. The number of methoxy groups -OCH3 is 1. The number of hydrogen-bond donors (Lipinski definition) is 0. The molecule has 0 saturated carbocycles. The van der Waals surface area contributed by atoms with E-state index in [1.54, 1.807) is 0 Å². The molecule has 2 aromatic carbocycles. The highest BCUT2D eigenvalue weighted by Crippen LogP contribution is 2.31. The summed E-state index contributed by atoms with van der Waals surface area (Å²) >= 11 is 0. The SMILES string of the molecule is COC(=O)c1cccc(Cn2ncc3cc(C(F)(F)F)ccc32)c1F. The lowest BCUT2D eigenvalue weighted by atomic mass is 10.1. The van der Waals surface area contributed by atoms with Gasteiger partial charge in [-0.25, -0.2) is 9.18 Å². The van der Waals surface area contributed by atoms with E-state index in [-0.39, 0.29) is 17.7 Å². The first-order valence-corrected chi connectivity index (χ1v) is 7.19. The molecule has 3 rings (SSSR count). The first kappa shape index (κ1) is 16.9. The van der Waals surface area contributed by atoms with Crippen LogP contribution in [-0.4, -0.2) is 22.9 Å². The number of halogens is 4. The molecule has 0 atom stereocenters. The van der Waals surface area contributed by atoms with E-state index in [9.17, 15) is 22.4 Å². The van der Waals surface area contributed by atoms with Crippen LogP contribution >= 0.6 is 0 Å². The summed E-state index contributed by atoms with van der Waals surface area (Å²) in [4.78, 5) is 11.5. The topological polar surface area (TPSA) is 44.1 Å². The lowest BCUT2D eigenvalue weighted by molar-refractivity contribution is -0.137. The van der Waals surface area contributed by atoms with Gasteiger partial charge in [-0.2, -0.15) is 18.3 Å². The van der Waals surface area contributed by atoms with Crippen LogP contribution in [0.4, 0.5) is 17.6 Å². The average molecular weight is 352 g/mol. The maximum absolute atomic E-state index is 14.4. The van der Waals surface area contributed by atoms with Crippen molar-refractivity contribution in [2.75, 3.05) is 7.11 Å². The van der Waals surface area contributed by atoms with Crippen LogP contribution in [0, 0.1) is 5.82 Å². The van der Waals surface area contributed by atoms with Crippen molar-refractivity contribution in [1.29, 1.82) is 0 Å². The van der Waals surface area contributed by atoms with E-state index in [2.05, 4.69) is 9.84 Å². The summed E-state index contributed by atoms with van der Waals surface area (Å²) in [6.45, 7) is -0.0362. The van der Waals surface area contributed by atoms with E-state index in [1.807, 2.05) is 0 Å². The molecule has 0 aliphatic rings. The Morgan fingerprint density at radius 3 is 2.68 bits per heavy atom. The van der Waals surface area contributed by atoms with Gasteiger partial charge in [0.25, 0.3) is 0 Å². The summed E-state index contributed by atoms with van der Waals surface area (Å²) in [6.07, 6.45) is -3.16. The summed E-state index contributed by atoms with van der Waals surface area (Å²) in [5.74, 6) is -1.55. The van der Waals surface area contributed by atoms with Crippen LogP contribution < -0.4 is 0 Å². The average Bonchev–Trinajstić information content (AvgIpc) is 2.97. The van der Waals surface area contributed by atoms with Crippen LogP contribution in [0.15, 0.2) is 42.6 Å².